The third-order valence-electron chi connectivity index (χ3n) is 7.21. The van der Waals surface area contributed by atoms with Gasteiger partial charge in [0.05, 0.1) is 38.2 Å². The van der Waals surface area contributed by atoms with Crippen LogP contribution in [0, 0.1) is 19.8 Å². The molecular weight excluding hydrogens is 510 g/mol. The second-order valence-corrected chi connectivity index (χ2v) is 11.4. The molecule has 0 saturated carbocycles. The second kappa shape index (κ2) is 9.16. The maximum Gasteiger partial charge on any atom is 0.141 e. The maximum absolute atomic E-state index is 11.1. The van der Waals surface area contributed by atoms with E-state index in [-0.39, 0.29) is 12.0 Å². The number of aryl methyl sites for hydroxylation is 2. The average Bonchev–Trinajstić information content (AvgIpc) is 3.54. The van der Waals surface area contributed by atoms with Gasteiger partial charge >= 0.3 is 0 Å². The molecule has 6 heterocycles. The van der Waals surface area contributed by atoms with Gasteiger partial charge in [0.2, 0.25) is 0 Å². The van der Waals surface area contributed by atoms with Crippen molar-refractivity contribution in [3.05, 3.63) is 58.5 Å². The highest BCUT2D eigenvalue weighted by Gasteiger charge is 2.36. The van der Waals surface area contributed by atoms with Crippen molar-refractivity contribution in [3.8, 4) is 11.1 Å². The molecule has 10 heteroatoms. The highest BCUT2D eigenvalue weighted by molar-refractivity contribution is 7.14. The number of halogens is 1. The molecule has 0 aliphatic carbocycles. The average molecular weight is 538 g/mol. The predicted octanol–water partition coefficient (Wildman–Crippen LogP) is 6.21. The van der Waals surface area contributed by atoms with E-state index in [9.17, 15) is 5.11 Å². The molecule has 1 atom stereocenters. The van der Waals surface area contributed by atoms with Crippen LogP contribution in [-0.2, 0) is 10.3 Å². The second-order valence-electron chi connectivity index (χ2n) is 10.2. The van der Waals surface area contributed by atoms with Crippen molar-refractivity contribution in [2.45, 2.75) is 52.2 Å². The molecule has 1 fully saturated rings. The van der Waals surface area contributed by atoms with Gasteiger partial charge in [-0.1, -0.05) is 16.8 Å². The third kappa shape index (κ3) is 4.05. The summed E-state index contributed by atoms with van der Waals surface area (Å²) in [4.78, 5) is 9.71. The molecule has 0 amide bonds. The van der Waals surface area contributed by atoms with Crippen molar-refractivity contribution in [2.75, 3.05) is 13.2 Å². The maximum atomic E-state index is 11.1. The summed E-state index contributed by atoms with van der Waals surface area (Å²) in [5.41, 5.74) is 5.57. The highest BCUT2D eigenvalue weighted by Crippen LogP contribution is 2.45. The number of pyridine rings is 2. The fourth-order valence-electron chi connectivity index (χ4n) is 5.52. The van der Waals surface area contributed by atoms with Crippen molar-refractivity contribution >= 4 is 44.4 Å². The molecule has 1 N–H and O–H groups in total. The summed E-state index contributed by atoms with van der Waals surface area (Å²) in [5.74, 6) is 0.961. The van der Waals surface area contributed by atoms with Crippen LogP contribution in [0.25, 0.3) is 32.4 Å². The normalized spacial score (nSPS) is 16.2. The zero-order valence-corrected chi connectivity index (χ0v) is 22.7. The lowest BCUT2D eigenvalue weighted by Gasteiger charge is -2.33. The lowest BCUT2D eigenvalue weighted by molar-refractivity contribution is 0.0543. The fraction of sp³-hybridized carbons (Fsp3) is 0.407. The number of hydrogen-bond donors (Lipinski definition) is 1. The zero-order chi connectivity index (χ0) is 25.9. The number of ether oxygens (including phenoxy) is 1. The van der Waals surface area contributed by atoms with E-state index < -0.39 is 5.60 Å². The number of fused-ring (bicyclic) bond motifs is 3. The molecule has 0 radical (unpaired) electrons. The molecule has 5 aromatic heterocycles. The Balaban J connectivity index is 1.72. The van der Waals surface area contributed by atoms with Crippen LogP contribution < -0.4 is 0 Å². The Labute approximate surface area is 223 Å². The Bertz CT molecular complexity index is 1590. The Morgan fingerprint density at radius 2 is 2.00 bits per heavy atom. The van der Waals surface area contributed by atoms with Gasteiger partial charge in [-0.2, -0.15) is 4.37 Å². The van der Waals surface area contributed by atoms with Crippen LogP contribution in [0.15, 0.2) is 35.1 Å². The molecule has 1 aliphatic heterocycles. The zero-order valence-electron chi connectivity index (χ0n) is 21.2. The third-order valence-corrected chi connectivity index (χ3v) is 8.37. The van der Waals surface area contributed by atoms with Gasteiger partial charge in [-0.25, -0.2) is 0 Å². The number of aromatic nitrogens is 5. The Kier molecular flexibility index (Phi) is 6.06. The summed E-state index contributed by atoms with van der Waals surface area (Å²) in [6.45, 7) is 8.73. The fourth-order valence-corrected chi connectivity index (χ4v) is 6.77. The molecule has 192 valence electrons. The van der Waals surface area contributed by atoms with Gasteiger partial charge in [0, 0.05) is 36.7 Å². The first-order valence-electron chi connectivity index (χ1n) is 12.4. The number of aliphatic hydroxyl groups is 1. The van der Waals surface area contributed by atoms with Crippen molar-refractivity contribution in [1.82, 2.24) is 24.1 Å². The van der Waals surface area contributed by atoms with Crippen molar-refractivity contribution in [2.24, 2.45) is 5.92 Å². The monoisotopic (exact) mass is 537 g/mol. The molecular formula is C27H28ClN5O3S. The quantitative estimate of drug-likeness (QED) is 0.284. The highest BCUT2D eigenvalue weighted by atomic mass is 35.5. The SMILES string of the molecule is Cc1noc(C)c1-c1cnc2c3snc(C(C)(C)O)c3n(C(c3ncccc3Cl)C3CCOCC3)c2c1. The molecule has 0 aromatic carbocycles. The summed E-state index contributed by atoms with van der Waals surface area (Å²) in [5, 5.41) is 15.9. The van der Waals surface area contributed by atoms with Crippen molar-refractivity contribution in [1.29, 1.82) is 0 Å². The van der Waals surface area contributed by atoms with Crippen LogP contribution in [-0.4, -0.2) is 42.4 Å². The topological polar surface area (TPSA) is 99.1 Å². The van der Waals surface area contributed by atoms with Gasteiger partial charge in [-0.3, -0.25) is 9.97 Å². The van der Waals surface area contributed by atoms with Crippen LogP contribution >= 0.6 is 23.1 Å². The lowest BCUT2D eigenvalue weighted by Crippen LogP contribution is -2.28. The first-order chi connectivity index (χ1) is 17.8. The van der Waals surface area contributed by atoms with Crippen molar-refractivity contribution in [3.63, 3.8) is 0 Å². The first kappa shape index (κ1) is 24.5. The summed E-state index contributed by atoms with van der Waals surface area (Å²) >= 11 is 8.17. The molecule has 0 spiro atoms. The van der Waals surface area contributed by atoms with E-state index in [0.29, 0.717) is 23.9 Å². The molecule has 5 aromatic rings. The van der Waals surface area contributed by atoms with Crippen LogP contribution in [0.4, 0.5) is 0 Å². The largest absolute Gasteiger partial charge is 0.384 e. The molecule has 37 heavy (non-hydrogen) atoms. The van der Waals surface area contributed by atoms with Crippen molar-refractivity contribution < 1.29 is 14.4 Å². The van der Waals surface area contributed by atoms with E-state index in [1.807, 2.05) is 32.2 Å². The summed E-state index contributed by atoms with van der Waals surface area (Å²) < 4.78 is 19.1. The lowest BCUT2D eigenvalue weighted by atomic mass is 9.88. The molecule has 1 aliphatic rings. The van der Waals surface area contributed by atoms with E-state index >= 15 is 0 Å². The number of nitrogens with zero attached hydrogens (tertiary/aromatic N) is 5. The van der Waals surface area contributed by atoms with E-state index in [1.165, 1.54) is 11.5 Å². The van der Waals surface area contributed by atoms with Gasteiger partial charge < -0.3 is 18.9 Å². The first-order valence-corrected chi connectivity index (χ1v) is 13.5. The minimum atomic E-state index is -1.15. The predicted molar refractivity (Wildman–Crippen MR) is 144 cm³/mol. The van der Waals surface area contributed by atoms with Crippen LogP contribution in [0.3, 0.4) is 0 Å². The summed E-state index contributed by atoms with van der Waals surface area (Å²) in [7, 11) is 0. The van der Waals surface area contributed by atoms with Crippen LogP contribution in [0.1, 0.15) is 55.6 Å². The summed E-state index contributed by atoms with van der Waals surface area (Å²) in [6.07, 6.45) is 5.38. The molecule has 0 bridgehead atoms. The van der Waals surface area contributed by atoms with E-state index in [1.54, 1.807) is 20.0 Å². The van der Waals surface area contributed by atoms with Crippen LogP contribution in [0.2, 0.25) is 5.02 Å². The Hall–Kier alpha value is -2.85. The Morgan fingerprint density at radius 3 is 2.68 bits per heavy atom. The van der Waals surface area contributed by atoms with E-state index in [0.717, 1.165) is 62.4 Å². The number of rotatable bonds is 5. The van der Waals surface area contributed by atoms with Gasteiger partial charge in [0.15, 0.2) is 0 Å². The van der Waals surface area contributed by atoms with Gasteiger partial charge in [-0.05, 0) is 76.2 Å². The minimum absolute atomic E-state index is 0.197. The van der Waals surface area contributed by atoms with Gasteiger partial charge in [0.25, 0.3) is 0 Å². The van der Waals surface area contributed by atoms with Crippen LogP contribution in [0.5, 0.6) is 0 Å². The van der Waals surface area contributed by atoms with Gasteiger partial charge in [0.1, 0.15) is 22.6 Å². The molecule has 1 saturated heterocycles. The molecule has 8 nitrogen and oxygen atoms in total. The van der Waals surface area contributed by atoms with E-state index in [4.69, 9.17) is 35.2 Å². The summed E-state index contributed by atoms with van der Waals surface area (Å²) in [6, 6.07) is 5.67. The Morgan fingerprint density at radius 1 is 1.22 bits per heavy atom. The minimum Gasteiger partial charge on any atom is -0.384 e. The molecule has 6 rings (SSSR count). The van der Waals surface area contributed by atoms with Gasteiger partial charge in [-0.15, -0.1) is 0 Å². The standard InChI is InChI=1S/C27H28ClN5O3S/c1-14-20(15(2)36-31-14)17-12-19-22(30-13-17)25-24(26(32-37-25)27(3,4)34)33(19)23(16-7-10-35-11-8-16)21-18(28)6-5-9-29-21/h5-6,9,12-13,16,23,34H,7-8,10-11H2,1-4H3. The molecule has 1 unspecified atom stereocenters. The smallest absolute Gasteiger partial charge is 0.141 e. The van der Waals surface area contributed by atoms with E-state index in [2.05, 4.69) is 15.8 Å². The number of hydrogen-bond acceptors (Lipinski definition) is 8.